The Morgan fingerprint density at radius 3 is 2.23 bits per heavy atom. The summed E-state index contributed by atoms with van der Waals surface area (Å²) in [6.07, 6.45) is 0.278. The minimum absolute atomic E-state index is 0.0293. The SMILES string of the molecule is O=C(O)c1c(F)ccc2c1OB(O)C(NC(=O)C(NC(=O)N1CCN(C3CCN(C(=O)Nc4ccc(O)cc4)CC3)C(=O)C1=O)c1cc(F)c(O)c(O)c1Cl)C2. The number of carboxylic acid groups (broad SMARTS) is 1. The molecule has 3 aromatic carbocycles. The number of rotatable bonds is 7. The molecule has 0 aromatic heterocycles. The van der Waals surface area contributed by atoms with Gasteiger partial charge < -0.3 is 55.9 Å². The van der Waals surface area contributed by atoms with E-state index in [1.807, 2.05) is 0 Å². The van der Waals surface area contributed by atoms with Gasteiger partial charge in [-0.3, -0.25) is 19.3 Å². The largest absolute Gasteiger partial charge is 0.547 e. The molecule has 18 nitrogen and oxygen atoms in total. The van der Waals surface area contributed by atoms with Gasteiger partial charge in [-0.15, -0.1) is 0 Å². The van der Waals surface area contributed by atoms with Crippen molar-refractivity contribution in [3.8, 4) is 23.0 Å². The number of carbonyl (C=O) groups excluding carboxylic acids is 5. The molecule has 2 atom stereocenters. The van der Waals surface area contributed by atoms with Gasteiger partial charge in [-0.25, -0.2) is 23.2 Å². The highest BCUT2D eigenvalue weighted by atomic mass is 35.5. The topological polar surface area (TPSA) is 259 Å². The van der Waals surface area contributed by atoms with Crippen LogP contribution < -0.4 is 20.6 Å². The van der Waals surface area contributed by atoms with Crippen LogP contribution in [-0.2, 0) is 20.8 Å². The molecule has 8 N–H and O–H groups in total. The third kappa shape index (κ3) is 7.75. The van der Waals surface area contributed by atoms with E-state index in [9.17, 15) is 63.0 Å². The molecular weight excluding hydrogens is 769 g/mol. The summed E-state index contributed by atoms with van der Waals surface area (Å²) in [6.45, 7) is -0.0231. The Morgan fingerprint density at radius 2 is 1.57 bits per heavy atom. The van der Waals surface area contributed by atoms with Crippen molar-refractivity contribution in [2.75, 3.05) is 31.5 Å². The van der Waals surface area contributed by atoms with Gasteiger partial charge in [0.2, 0.25) is 5.91 Å². The Labute approximate surface area is 320 Å². The van der Waals surface area contributed by atoms with Crippen LogP contribution in [0.25, 0.3) is 0 Å². The summed E-state index contributed by atoms with van der Waals surface area (Å²) < 4.78 is 34.1. The number of fused-ring (bicyclic) bond motifs is 1. The zero-order chi connectivity index (χ0) is 40.6. The second-order valence-electron chi connectivity index (χ2n) is 13.0. The maximum absolute atomic E-state index is 14.7. The van der Waals surface area contributed by atoms with E-state index in [4.69, 9.17) is 16.3 Å². The number of piperidine rings is 1. The predicted molar refractivity (Wildman–Crippen MR) is 189 cm³/mol. The van der Waals surface area contributed by atoms with Crippen LogP contribution in [0.2, 0.25) is 5.02 Å². The second-order valence-corrected chi connectivity index (χ2v) is 13.4. The molecule has 3 aromatic rings. The lowest BCUT2D eigenvalue weighted by Crippen LogP contribution is -2.62. The lowest BCUT2D eigenvalue weighted by molar-refractivity contribution is -0.156. The number of nitrogens with one attached hydrogen (secondary N) is 3. The highest BCUT2D eigenvalue weighted by Crippen LogP contribution is 2.41. The summed E-state index contributed by atoms with van der Waals surface area (Å²) in [5.74, 6) is -12.2. The van der Waals surface area contributed by atoms with Crippen LogP contribution in [0.4, 0.5) is 24.1 Å². The van der Waals surface area contributed by atoms with Crippen LogP contribution in [0.5, 0.6) is 23.0 Å². The zero-order valence-electron chi connectivity index (χ0n) is 28.9. The molecule has 3 aliphatic rings. The van der Waals surface area contributed by atoms with Crippen molar-refractivity contribution in [1.82, 2.24) is 25.3 Å². The number of hydrogen-bond acceptors (Lipinski definition) is 11. The van der Waals surface area contributed by atoms with Crippen LogP contribution in [-0.4, -0.2) is 121 Å². The van der Waals surface area contributed by atoms with E-state index in [0.29, 0.717) is 29.5 Å². The number of hydrogen-bond donors (Lipinski definition) is 8. The molecule has 0 aliphatic carbocycles. The van der Waals surface area contributed by atoms with Crippen LogP contribution in [0, 0.1) is 11.6 Å². The number of likely N-dealkylation sites (tertiary alicyclic amines) is 1. The lowest BCUT2D eigenvalue weighted by Gasteiger charge is -2.41. The van der Waals surface area contributed by atoms with Crippen molar-refractivity contribution >= 4 is 60.2 Å². The molecule has 56 heavy (non-hydrogen) atoms. The summed E-state index contributed by atoms with van der Waals surface area (Å²) >= 11 is 6.16. The maximum atomic E-state index is 14.7. The molecule has 2 fully saturated rings. The van der Waals surface area contributed by atoms with E-state index < -0.39 is 106 Å². The summed E-state index contributed by atoms with van der Waals surface area (Å²) in [6, 6.07) is 4.14. The fourth-order valence-electron chi connectivity index (χ4n) is 6.66. The number of piperazine rings is 1. The molecule has 3 aliphatic heterocycles. The minimum Gasteiger partial charge on any atom is -0.534 e. The standard InChI is InChI=1S/C34H32BClF2N6O12/c36-24-19(14-21(38)26(46)27(24)47)25(29(48)40-22-13-15-1-6-20(37)23(32(51)52)28(15)56-35(22)55)41-34(54)44-12-11-43(30(49)31(44)50)17-7-9-42(10-8-17)33(53)39-16-2-4-18(45)5-3-16/h1-6,14,17,22,25,45-47,55H,7-13H2,(H,39,53)(H,40,48)(H,41,54)(H,51,52). The number of benzene rings is 3. The highest BCUT2D eigenvalue weighted by Gasteiger charge is 2.44. The fraction of sp³-hybridized carbons (Fsp3) is 0.294. The molecule has 6 rings (SSSR count). The number of phenolic OH excluding ortho intramolecular Hbond substituents is 3. The van der Waals surface area contributed by atoms with Crippen molar-refractivity contribution in [3.05, 3.63) is 75.8 Å². The first-order valence-corrected chi connectivity index (χ1v) is 17.3. The number of amides is 7. The molecule has 2 saturated heterocycles. The van der Waals surface area contributed by atoms with E-state index in [1.165, 1.54) is 34.1 Å². The Hall–Kier alpha value is -6.35. The van der Waals surface area contributed by atoms with E-state index in [2.05, 4.69) is 16.0 Å². The fourth-order valence-corrected chi connectivity index (χ4v) is 6.92. The Bertz CT molecular complexity index is 2120. The number of aromatic carboxylic acids is 1. The minimum atomic E-state index is -2.06. The van der Waals surface area contributed by atoms with Gasteiger partial charge in [-0.05, 0) is 61.2 Å². The average molecular weight is 801 g/mol. The number of anilines is 1. The number of aromatic hydroxyl groups is 3. The van der Waals surface area contributed by atoms with Crippen molar-refractivity contribution in [2.45, 2.75) is 37.3 Å². The molecular formula is C34H32BClF2N6O12. The number of carbonyl (C=O) groups is 6. The smallest absolute Gasteiger partial charge is 0.534 e. The predicted octanol–water partition coefficient (Wildman–Crippen LogP) is 1.69. The van der Waals surface area contributed by atoms with Gasteiger partial charge >= 0.3 is 37.0 Å². The van der Waals surface area contributed by atoms with E-state index >= 15 is 0 Å². The normalized spacial score (nSPS) is 17.8. The van der Waals surface area contributed by atoms with Gasteiger partial charge in [0.15, 0.2) is 17.3 Å². The maximum Gasteiger partial charge on any atom is 0.547 e. The van der Waals surface area contributed by atoms with Crippen molar-refractivity contribution in [3.63, 3.8) is 0 Å². The van der Waals surface area contributed by atoms with Crippen molar-refractivity contribution < 1.29 is 67.7 Å². The number of urea groups is 2. The molecule has 2 unspecified atom stereocenters. The van der Waals surface area contributed by atoms with Gasteiger partial charge in [0, 0.05) is 43.5 Å². The number of phenols is 3. The Morgan fingerprint density at radius 1 is 0.893 bits per heavy atom. The summed E-state index contributed by atoms with van der Waals surface area (Å²) in [4.78, 5) is 81.6. The number of halogens is 3. The zero-order valence-corrected chi connectivity index (χ0v) is 29.6. The van der Waals surface area contributed by atoms with Crippen LogP contribution >= 0.6 is 11.6 Å². The number of nitrogens with zero attached hydrogens (tertiary/aromatic N) is 3. The first-order chi connectivity index (χ1) is 26.5. The quantitative estimate of drug-likeness (QED) is 0.0735. The number of carboxylic acids is 1. The monoisotopic (exact) mass is 800 g/mol. The van der Waals surface area contributed by atoms with E-state index in [1.54, 1.807) is 0 Å². The number of imide groups is 1. The van der Waals surface area contributed by atoms with Crippen LogP contribution in [0.3, 0.4) is 0 Å². The van der Waals surface area contributed by atoms with Crippen molar-refractivity contribution in [1.29, 1.82) is 0 Å². The first kappa shape index (κ1) is 39.4. The lowest BCUT2D eigenvalue weighted by atomic mass is 9.72. The molecule has 294 valence electrons. The van der Waals surface area contributed by atoms with Crippen LogP contribution in [0.15, 0.2) is 42.5 Å². The molecule has 0 radical (unpaired) electrons. The summed E-state index contributed by atoms with van der Waals surface area (Å²) in [5.41, 5.74) is -0.959. The van der Waals surface area contributed by atoms with Gasteiger partial charge in [-0.2, -0.15) is 0 Å². The first-order valence-electron chi connectivity index (χ1n) is 16.9. The molecule has 0 spiro atoms. The Balaban J connectivity index is 1.14. The molecule has 0 saturated carbocycles. The van der Waals surface area contributed by atoms with E-state index in [-0.39, 0.29) is 43.9 Å². The van der Waals surface area contributed by atoms with Gasteiger partial charge in [0.25, 0.3) is 0 Å². The van der Waals surface area contributed by atoms with Gasteiger partial charge in [0.05, 0.1) is 11.0 Å². The molecule has 0 bridgehead atoms. The van der Waals surface area contributed by atoms with Crippen LogP contribution in [0.1, 0.15) is 40.4 Å². The Kier molecular flexibility index (Phi) is 11.1. The highest BCUT2D eigenvalue weighted by molar-refractivity contribution is 6.47. The summed E-state index contributed by atoms with van der Waals surface area (Å²) in [5, 5.41) is 56.1. The molecule has 7 amide bonds. The third-order valence-electron chi connectivity index (χ3n) is 9.60. The van der Waals surface area contributed by atoms with Gasteiger partial charge in [-0.1, -0.05) is 17.7 Å². The third-order valence-corrected chi connectivity index (χ3v) is 9.99. The second kappa shape index (κ2) is 15.8. The van der Waals surface area contributed by atoms with E-state index in [0.717, 1.165) is 12.1 Å². The molecule has 22 heteroatoms. The van der Waals surface area contributed by atoms with Crippen molar-refractivity contribution in [2.24, 2.45) is 0 Å². The summed E-state index contributed by atoms with van der Waals surface area (Å²) in [7, 11) is -1.98. The van der Waals surface area contributed by atoms with Gasteiger partial charge in [0.1, 0.15) is 28.9 Å². The molecule has 3 heterocycles. The average Bonchev–Trinajstić information content (AvgIpc) is 3.16.